The van der Waals surface area contributed by atoms with Gasteiger partial charge in [-0.25, -0.2) is 0 Å². The lowest BCUT2D eigenvalue weighted by molar-refractivity contribution is -0.139. The Labute approximate surface area is 131 Å². The maximum atomic E-state index is 11.4. The number of hydrogen-bond acceptors (Lipinski definition) is 3. The van der Waals surface area contributed by atoms with Crippen molar-refractivity contribution in [2.45, 2.75) is 19.0 Å². The maximum Gasteiger partial charge on any atom is 0.325 e. The fourth-order valence-electron chi connectivity index (χ4n) is 1.94. The van der Waals surface area contributed by atoms with Gasteiger partial charge in [0, 0.05) is 6.04 Å². The van der Waals surface area contributed by atoms with E-state index in [-0.39, 0.29) is 6.04 Å². The molecule has 0 radical (unpaired) electrons. The number of nitrogens with one attached hydrogen (secondary N) is 1. The van der Waals surface area contributed by atoms with E-state index >= 15 is 0 Å². The first-order chi connectivity index (χ1) is 9.49. The van der Waals surface area contributed by atoms with Gasteiger partial charge in [0.25, 0.3) is 0 Å². The third-order valence-electron chi connectivity index (χ3n) is 2.95. The maximum absolute atomic E-state index is 11.4. The topological polar surface area (TPSA) is 49.3 Å². The van der Waals surface area contributed by atoms with Gasteiger partial charge >= 0.3 is 5.97 Å². The van der Waals surface area contributed by atoms with Crippen LogP contribution in [0.4, 0.5) is 0 Å². The van der Waals surface area contributed by atoms with Crippen LogP contribution < -0.4 is 5.32 Å². The van der Waals surface area contributed by atoms with Crippen LogP contribution in [0.1, 0.15) is 30.1 Å². The first kappa shape index (κ1) is 15.3. The summed E-state index contributed by atoms with van der Waals surface area (Å²) in [5, 5.41) is 12.4. The summed E-state index contributed by atoms with van der Waals surface area (Å²) in [4.78, 5) is 11.4. The summed E-state index contributed by atoms with van der Waals surface area (Å²) < 4.78 is 1.16. The lowest BCUT2D eigenvalue weighted by Gasteiger charge is -2.20. The second-order valence-electron chi connectivity index (χ2n) is 4.35. The van der Waals surface area contributed by atoms with Gasteiger partial charge in [0.1, 0.15) is 6.04 Å². The van der Waals surface area contributed by atoms with Crippen molar-refractivity contribution in [3.8, 4) is 0 Å². The molecule has 1 aromatic carbocycles. The third-order valence-corrected chi connectivity index (χ3v) is 4.46. The van der Waals surface area contributed by atoms with Crippen molar-refractivity contribution in [2.24, 2.45) is 0 Å². The predicted octanol–water partition coefficient (Wildman–Crippen LogP) is 4.53. The minimum Gasteiger partial charge on any atom is -0.480 e. The van der Waals surface area contributed by atoms with E-state index in [0.29, 0.717) is 14.2 Å². The van der Waals surface area contributed by atoms with E-state index in [1.54, 1.807) is 18.2 Å². The molecule has 20 heavy (non-hydrogen) atoms. The average molecular weight is 330 g/mol. The Morgan fingerprint density at radius 1 is 1.30 bits per heavy atom. The van der Waals surface area contributed by atoms with Gasteiger partial charge in [-0.3, -0.25) is 10.1 Å². The Kier molecular flexibility index (Phi) is 5.05. The van der Waals surface area contributed by atoms with Crippen LogP contribution in [0.5, 0.6) is 0 Å². The number of benzene rings is 1. The standard InChI is InChI=1S/C14H13Cl2NO2S/c1-8(10-7-11(15)20-13(10)16)17-12(14(18)19)9-5-3-2-4-6-9/h2-8,12,17H,1H3,(H,18,19). The largest absolute Gasteiger partial charge is 0.480 e. The van der Waals surface area contributed by atoms with Crippen molar-refractivity contribution in [2.75, 3.05) is 0 Å². The van der Waals surface area contributed by atoms with E-state index in [4.69, 9.17) is 23.2 Å². The molecule has 2 rings (SSSR count). The van der Waals surface area contributed by atoms with E-state index < -0.39 is 12.0 Å². The van der Waals surface area contributed by atoms with Crippen LogP contribution in [0.15, 0.2) is 36.4 Å². The molecule has 0 fully saturated rings. The van der Waals surface area contributed by atoms with Crippen LogP contribution in [-0.4, -0.2) is 11.1 Å². The van der Waals surface area contributed by atoms with E-state index in [2.05, 4.69) is 5.32 Å². The summed E-state index contributed by atoms with van der Waals surface area (Å²) in [6.45, 7) is 1.86. The van der Waals surface area contributed by atoms with Crippen molar-refractivity contribution in [3.63, 3.8) is 0 Å². The fourth-order valence-corrected chi connectivity index (χ4v) is 3.59. The van der Waals surface area contributed by atoms with E-state index in [9.17, 15) is 9.90 Å². The van der Waals surface area contributed by atoms with Crippen molar-refractivity contribution in [1.29, 1.82) is 0 Å². The van der Waals surface area contributed by atoms with Crippen LogP contribution in [0.2, 0.25) is 8.67 Å². The van der Waals surface area contributed by atoms with Gasteiger partial charge in [0.05, 0.1) is 8.67 Å². The number of rotatable bonds is 5. The lowest BCUT2D eigenvalue weighted by Crippen LogP contribution is -2.30. The molecule has 0 amide bonds. The third kappa shape index (κ3) is 3.52. The molecule has 0 saturated heterocycles. The molecule has 1 heterocycles. The Morgan fingerprint density at radius 2 is 1.95 bits per heavy atom. The molecule has 2 N–H and O–H groups in total. The number of thiophene rings is 1. The van der Waals surface area contributed by atoms with Crippen molar-refractivity contribution < 1.29 is 9.90 Å². The van der Waals surface area contributed by atoms with Gasteiger partial charge in [-0.2, -0.15) is 0 Å². The fraction of sp³-hybridized carbons (Fsp3) is 0.214. The summed E-state index contributed by atoms with van der Waals surface area (Å²) in [5.41, 5.74) is 1.51. The minimum absolute atomic E-state index is 0.215. The summed E-state index contributed by atoms with van der Waals surface area (Å²) in [6, 6.07) is 9.78. The second kappa shape index (κ2) is 6.59. The number of hydrogen-bond donors (Lipinski definition) is 2. The number of carbonyl (C=O) groups is 1. The molecule has 1 aromatic heterocycles. The number of halogens is 2. The molecular formula is C14H13Cl2NO2S. The van der Waals surface area contributed by atoms with Gasteiger partial charge < -0.3 is 5.11 Å². The minimum atomic E-state index is -0.930. The molecule has 0 aliphatic heterocycles. The van der Waals surface area contributed by atoms with Crippen LogP contribution >= 0.6 is 34.5 Å². The van der Waals surface area contributed by atoms with E-state index in [1.807, 2.05) is 25.1 Å². The first-order valence-electron chi connectivity index (χ1n) is 5.97. The Balaban J connectivity index is 2.21. The van der Waals surface area contributed by atoms with Gasteiger partial charge in [-0.15, -0.1) is 11.3 Å². The molecule has 0 spiro atoms. The molecule has 0 bridgehead atoms. The monoisotopic (exact) mass is 329 g/mol. The number of aliphatic carboxylic acids is 1. The molecule has 106 valence electrons. The molecule has 6 heteroatoms. The average Bonchev–Trinajstić information content (AvgIpc) is 2.75. The molecule has 2 aromatic rings. The number of carboxylic acids is 1. The second-order valence-corrected chi connectivity index (χ2v) is 6.64. The Morgan fingerprint density at radius 3 is 2.45 bits per heavy atom. The molecule has 3 nitrogen and oxygen atoms in total. The van der Waals surface area contributed by atoms with Gasteiger partial charge in [0.2, 0.25) is 0 Å². The SMILES string of the molecule is CC(NC(C(=O)O)c1ccccc1)c1cc(Cl)sc1Cl. The first-order valence-corrected chi connectivity index (χ1v) is 7.55. The summed E-state index contributed by atoms with van der Waals surface area (Å²) in [5.74, 6) is -0.930. The van der Waals surface area contributed by atoms with Crippen molar-refractivity contribution >= 4 is 40.5 Å². The van der Waals surface area contributed by atoms with Crippen molar-refractivity contribution in [1.82, 2.24) is 5.32 Å². The zero-order valence-corrected chi connectivity index (χ0v) is 13.0. The molecule has 0 saturated carbocycles. The molecule has 2 atom stereocenters. The highest BCUT2D eigenvalue weighted by Crippen LogP contribution is 2.35. The summed E-state index contributed by atoms with van der Waals surface area (Å²) >= 11 is 13.3. The highest BCUT2D eigenvalue weighted by Gasteiger charge is 2.23. The molecule has 2 unspecified atom stereocenters. The van der Waals surface area contributed by atoms with Crippen LogP contribution in [-0.2, 0) is 4.79 Å². The zero-order chi connectivity index (χ0) is 14.7. The molecular weight excluding hydrogens is 317 g/mol. The number of carboxylic acid groups (broad SMARTS) is 1. The normalized spacial score (nSPS) is 13.9. The quantitative estimate of drug-likeness (QED) is 0.847. The summed E-state index contributed by atoms with van der Waals surface area (Å²) in [7, 11) is 0. The van der Waals surface area contributed by atoms with Crippen molar-refractivity contribution in [3.05, 3.63) is 56.2 Å². The summed E-state index contributed by atoms with van der Waals surface area (Å²) in [6.07, 6.45) is 0. The zero-order valence-electron chi connectivity index (χ0n) is 10.6. The van der Waals surface area contributed by atoms with E-state index in [0.717, 1.165) is 5.56 Å². The highest BCUT2D eigenvalue weighted by atomic mass is 35.5. The Bertz CT molecular complexity index is 600. The smallest absolute Gasteiger partial charge is 0.325 e. The van der Waals surface area contributed by atoms with Crippen LogP contribution in [0.3, 0.4) is 0 Å². The van der Waals surface area contributed by atoms with Gasteiger partial charge in [-0.05, 0) is 24.1 Å². The highest BCUT2D eigenvalue weighted by molar-refractivity contribution is 7.20. The van der Waals surface area contributed by atoms with Crippen LogP contribution in [0.25, 0.3) is 0 Å². The molecule has 0 aliphatic carbocycles. The molecule has 0 aliphatic rings. The lowest BCUT2D eigenvalue weighted by atomic mass is 10.0. The van der Waals surface area contributed by atoms with Gasteiger partial charge in [0.15, 0.2) is 0 Å². The van der Waals surface area contributed by atoms with E-state index in [1.165, 1.54) is 11.3 Å². The van der Waals surface area contributed by atoms with Crippen LogP contribution in [0, 0.1) is 0 Å². The predicted molar refractivity (Wildman–Crippen MR) is 82.7 cm³/mol. The van der Waals surface area contributed by atoms with Gasteiger partial charge in [-0.1, -0.05) is 53.5 Å². The Hall–Kier alpha value is -1.07.